The summed E-state index contributed by atoms with van der Waals surface area (Å²) < 4.78 is 1.92. The van der Waals surface area contributed by atoms with Crippen molar-refractivity contribution in [1.29, 1.82) is 0 Å². The molecule has 0 aliphatic rings. The molecule has 0 aromatic carbocycles. The number of aryl methyl sites for hydroxylation is 2. The van der Waals surface area contributed by atoms with Gasteiger partial charge in [-0.1, -0.05) is 0 Å². The highest BCUT2D eigenvalue weighted by Crippen LogP contribution is 2.21. The maximum atomic E-state index is 5.96. The Morgan fingerprint density at radius 1 is 1.44 bits per heavy atom. The van der Waals surface area contributed by atoms with E-state index in [-0.39, 0.29) is 0 Å². The van der Waals surface area contributed by atoms with Crippen molar-refractivity contribution in [1.82, 2.24) is 14.7 Å². The molecule has 1 aromatic rings. The normalized spacial score (nSPS) is 11.1. The van der Waals surface area contributed by atoms with Crippen LogP contribution >= 0.6 is 0 Å². The van der Waals surface area contributed by atoms with Crippen LogP contribution in [0.1, 0.15) is 19.0 Å². The number of rotatable bonds is 6. The van der Waals surface area contributed by atoms with E-state index in [0.29, 0.717) is 0 Å². The minimum Gasteiger partial charge on any atom is -0.394 e. The number of hydrogen-bond donors (Lipinski definition) is 2. The van der Waals surface area contributed by atoms with Crippen molar-refractivity contribution in [2.75, 3.05) is 38.2 Å². The van der Waals surface area contributed by atoms with Crippen LogP contribution in [0.2, 0.25) is 0 Å². The van der Waals surface area contributed by atoms with E-state index in [1.165, 1.54) is 0 Å². The Balaban J connectivity index is 2.52. The maximum absolute atomic E-state index is 5.96. The van der Waals surface area contributed by atoms with Gasteiger partial charge in [0.2, 0.25) is 0 Å². The van der Waals surface area contributed by atoms with Gasteiger partial charge in [0.25, 0.3) is 0 Å². The third-order valence-electron chi connectivity index (χ3n) is 2.55. The number of aromatic nitrogens is 2. The van der Waals surface area contributed by atoms with Gasteiger partial charge in [0.15, 0.2) is 0 Å². The van der Waals surface area contributed by atoms with Crippen molar-refractivity contribution >= 4 is 11.5 Å². The van der Waals surface area contributed by atoms with E-state index in [1.807, 2.05) is 11.6 Å². The van der Waals surface area contributed by atoms with E-state index in [1.54, 1.807) is 0 Å². The highest BCUT2D eigenvalue weighted by molar-refractivity contribution is 5.64. The second-order valence-corrected chi connectivity index (χ2v) is 4.25. The number of nitrogens with zero attached hydrogens (tertiary/aromatic N) is 3. The van der Waals surface area contributed by atoms with Gasteiger partial charge in [-0.3, -0.25) is 0 Å². The fraction of sp³-hybridized carbons (Fsp3) is 0.727. The first-order valence-corrected chi connectivity index (χ1v) is 5.77. The van der Waals surface area contributed by atoms with Crippen LogP contribution in [0, 0.1) is 6.92 Å². The fourth-order valence-electron chi connectivity index (χ4n) is 1.61. The van der Waals surface area contributed by atoms with Crippen LogP contribution in [-0.4, -0.2) is 41.9 Å². The van der Waals surface area contributed by atoms with Gasteiger partial charge in [0, 0.05) is 13.1 Å². The molecule has 0 radical (unpaired) electrons. The average Bonchev–Trinajstić information content (AvgIpc) is 2.50. The molecule has 0 unspecified atom stereocenters. The van der Waals surface area contributed by atoms with Crippen molar-refractivity contribution < 1.29 is 0 Å². The second kappa shape index (κ2) is 5.75. The first-order valence-electron chi connectivity index (χ1n) is 5.77. The van der Waals surface area contributed by atoms with Gasteiger partial charge >= 0.3 is 0 Å². The van der Waals surface area contributed by atoms with Crippen LogP contribution in [0.15, 0.2) is 0 Å². The number of nitrogens with one attached hydrogen (secondary N) is 1. The van der Waals surface area contributed by atoms with Crippen molar-refractivity contribution in [3.63, 3.8) is 0 Å². The molecule has 0 bridgehead atoms. The van der Waals surface area contributed by atoms with Gasteiger partial charge in [-0.05, 0) is 40.9 Å². The fourth-order valence-corrected chi connectivity index (χ4v) is 1.61. The molecule has 0 fully saturated rings. The molecule has 92 valence electrons. The predicted octanol–water partition coefficient (Wildman–Crippen LogP) is 1.16. The van der Waals surface area contributed by atoms with E-state index < -0.39 is 0 Å². The highest BCUT2D eigenvalue weighted by atomic mass is 15.3. The molecule has 0 amide bonds. The molecular formula is C11H23N5. The molecule has 0 spiro atoms. The van der Waals surface area contributed by atoms with Gasteiger partial charge in [-0.15, -0.1) is 0 Å². The topological polar surface area (TPSA) is 59.1 Å². The Morgan fingerprint density at radius 2 is 2.12 bits per heavy atom. The summed E-state index contributed by atoms with van der Waals surface area (Å²) in [4.78, 5) is 2.17. The Bertz CT molecular complexity index is 329. The molecule has 0 aliphatic heterocycles. The van der Waals surface area contributed by atoms with Crippen molar-refractivity contribution in [2.45, 2.75) is 26.8 Å². The van der Waals surface area contributed by atoms with Gasteiger partial charge < -0.3 is 16.0 Å². The van der Waals surface area contributed by atoms with Crippen LogP contribution in [-0.2, 0) is 6.54 Å². The zero-order chi connectivity index (χ0) is 12.1. The van der Waals surface area contributed by atoms with Crippen LogP contribution in [0.25, 0.3) is 0 Å². The van der Waals surface area contributed by atoms with Gasteiger partial charge in [0.05, 0.1) is 11.4 Å². The summed E-state index contributed by atoms with van der Waals surface area (Å²) in [5, 5.41) is 7.72. The largest absolute Gasteiger partial charge is 0.394 e. The summed E-state index contributed by atoms with van der Waals surface area (Å²) in [5.74, 6) is 0.957. The lowest BCUT2D eigenvalue weighted by molar-refractivity contribution is 0.405. The first-order chi connectivity index (χ1) is 7.56. The van der Waals surface area contributed by atoms with Crippen LogP contribution in [0.4, 0.5) is 11.5 Å². The minimum absolute atomic E-state index is 0.770. The van der Waals surface area contributed by atoms with E-state index in [2.05, 4.69) is 36.3 Å². The highest BCUT2D eigenvalue weighted by Gasteiger charge is 2.10. The predicted molar refractivity (Wildman–Crippen MR) is 68.7 cm³/mol. The standard InChI is InChI=1S/C11H23N5/c1-5-16-11(10(12)9(2)14-16)13-7-6-8-15(3)4/h13H,5-8,12H2,1-4H3. The van der Waals surface area contributed by atoms with E-state index >= 15 is 0 Å². The number of anilines is 2. The first kappa shape index (κ1) is 12.8. The summed E-state index contributed by atoms with van der Waals surface area (Å²) in [6.45, 7) is 6.84. The van der Waals surface area contributed by atoms with E-state index in [9.17, 15) is 0 Å². The molecule has 0 aliphatic carbocycles. The third-order valence-corrected chi connectivity index (χ3v) is 2.55. The molecule has 0 saturated heterocycles. The van der Waals surface area contributed by atoms with Crippen LogP contribution < -0.4 is 11.1 Å². The monoisotopic (exact) mass is 225 g/mol. The summed E-state index contributed by atoms with van der Waals surface area (Å²) >= 11 is 0. The Hall–Kier alpha value is -1.23. The molecule has 3 N–H and O–H groups in total. The number of hydrogen-bond acceptors (Lipinski definition) is 4. The quantitative estimate of drug-likeness (QED) is 0.713. The maximum Gasteiger partial charge on any atom is 0.148 e. The summed E-state index contributed by atoms with van der Waals surface area (Å²) in [6.07, 6.45) is 1.10. The number of nitrogen functional groups attached to an aromatic ring is 1. The third kappa shape index (κ3) is 3.13. The zero-order valence-corrected chi connectivity index (χ0v) is 10.7. The smallest absolute Gasteiger partial charge is 0.148 e. The lowest BCUT2D eigenvalue weighted by Gasteiger charge is -2.11. The number of nitrogens with two attached hydrogens (primary N) is 1. The Labute approximate surface area is 97.6 Å². The Morgan fingerprint density at radius 3 is 2.69 bits per heavy atom. The van der Waals surface area contributed by atoms with Gasteiger partial charge in [-0.2, -0.15) is 5.10 Å². The van der Waals surface area contributed by atoms with E-state index in [4.69, 9.17) is 5.73 Å². The van der Waals surface area contributed by atoms with Gasteiger partial charge in [0.1, 0.15) is 5.82 Å². The molecule has 5 nitrogen and oxygen atoms in total. The van der Waals surface area contributed by atoms with Gasteiger partial charge in [-0.25, -0.2) is 4.68 Å². The minimum atomic E-state index is 0.770. The molecule has 0 atom stereocenters. The molecule has 0 saturated carbocycles. The molecule has 1 rings (SSSR count). The molecular weight excluding hydrogens is 202 g/mol. The Kier molecular flexibility index (Phi) is 4.61. The molecule has 16 heavy (non-hydrogen) atoms. The van der Waals surface area contributed by atoms with E-state index in [0.717, 1.165) is 43.3 Å². The molecule has 5 heteroatoms. The SMILES string of the molecule is CCn1nc(C)c(N)c1NCCCN(C)C. The average molecular weight is 225 g/mol. The zero-order valence-electron chi connectivity index (χ0n) is 10.7. The lowest BCUT2D eigenvalue weighted by Crippen LogP contribution is -2.17. The summed E-state index contributed by atoms with van der Waals surface area (Å²) in [7, 11) is 4.16. The van der Waals surface area contributed by atoms with Crippen molar-refractivity contribution in [3.05, 3.63) is 5.69 Å². The van der Waals surface area contributed by atoms with Crippen LogP contribution in [0.3, 0.4) is 0 Å². The van der Waals surface area contributed by atoms with Crippen LogP contribution in [0.5, 0.6) is 0 Å². The summed E-state index contributed by atoms with van der Waals surface area (Å²) in [5.41, 5.74) is 7.63. The summed E-state index contributed by atoms with van der Waals surface area (Å²) in [6, 6.07) is 0. The van der Waals surface area contributed by atoms with Crippen molar-refractivity contribution in [3.8, 4) is 0 Å². The van der Waals surface area contributed by atoms with Crippen molar-refractivity contribution in [2.24, 2.45) is 0 Å². The lowest BCUT2D eigenvalue weighted by atomic mass is 10.3. The molecule has 1 heterocycles. The second-order valence-electron chi connectivity index (χ2n) is 4.25. The molecule has 1 aromatic heterocycles.